The van der Waals surface area contributed by atoms with Crippen LogP contribution in [0.4, 0.5) is 0 Å². The first-order valence-electron chi connectivity index (χ1n) is 8.17. The van der Waals surface area contributed by atoms with Crippen LogP contribution >= 0.6 is 11.6 Å². The molecule has 2 heteroatoms. The van der Waals surface area contributed by atoms with Crippen molar-refractivity contribution in [3.63, 3.8) is 0 Å². The second-order valence-electron chi connectivity index (χ2n) is 6.29. The monoisotopic (exact) mass is 293 g/mol. The van der Waals surface area contributed by atoms with Crippen LogP contribution in [0.15, 0.2) is 18.2 Å². The minimum Gasteiger partial charge on any atom is -0.314 e. The molecular formula is C18H28ClN. The van der Waals surface area contributed by atoms with Crippen LogP contribution in [-0.4, -0.2) is 12.6 Å². The lowest BCUT2D eigenvalue weighted by Crippen LogP contribution is -2.33. The van der Waals surface area contributed by atoms with E-state index >= 15 is 0 Å². The molecule has 0 heterocycles. The largest absolute Gasteiger partial charge is 0.314 e. The molecule has 0 saturated heterocycles. The molecule has 1 atom stereocenters. The van der Waals surface area contributed by atoms with Crippen LogP contribution in [0.2, 0.25) is 5.02 Å². The fraction of sp³-hybridized carbons (Fsp3) is 0.667. The summed E-state index contributed by atoms with van der Waals surface area (Å²) in [5.41, 5.74) is 2.53. The molecule has 1 fully saturated rings. The fourth-order valence-corrected chi connectivity index (χ4v) is 3.75. The van der Waals surface area contributed by atoms with E-state index in [0.29, 0.717) is 6.04 Å². The second-order valence-corrected chi connectivity index (χ2v) is 6.70. The Balaban J connectivity index is 1.96. The highest BCUT2D eigenvalue weighted by Crippen LogP contribution is 2.29. The van der Waals surface area contributed by atoms with Crippen molar-refractivity contribution in [3.8, 4) is 0 Å². The summed E-state index contributed by atoms with van der Waals surface area (Å²) in [7, 11) is 0. The normalized spacial score (nSPS) is 18.1. The zero-order chi connectivity index (χ0) is 14.4. The lowest BCUT2D eigenvalue weighted by atomic mass is 9.83. The Morgan fingerprint density at radius 1 is 1.25 bits per heavy atom. The molecule has 0 aliphatic heterocycles. The van der Waals surface area contributed by atoms with E-state index in [-0.39, 0.29) is 0 Å². The van der Waals surface area contributed by atoms with Gasteiger partial charge in [-0.1, -0.05) is 62.8 Å². The summed E-state index contributed by atoms with van der Waals surface area (Å²) in [4.78, 5) is 0. The summed E-state index contributed by atoms with van der Waals surface area (Å²) in [6.07, 6.45) is 9.49. The van der Waals surface area contributed by atoms with Gasteiger partial charge in [0.05, 0.1) is 0 Å². The first-order valence-corrected chi connectivity index (χ1v) is 8.55. The van der Waals surface area contributed by atoms with Crippen LogP contribution in [0.3, 0.4) is 0 Å². The quantitative estimate of drug-likeness (QED) is 0.766. The van der Waals surface area contributed by atoms with Crippen LogP contribution in [0.1, 0.15) is 56.6 Å². The van der Waals surface area contributed by atoms with E-state index in [1.807, 2.05) is 0 Å². The Morgan fingerprint density at radius 2 is 2.00 bits per heavy atom. The number of halogens is 1. The van der Waals surface area contributed by atoms with Crippen molar-refractivity contribution in [2.24, 2.45) is 5.92 Å². The van der Waals surface area contributed by atoms with Gasteiger partial charge in [-0.2, -0.15) is 0 Å². The maximum absolute atomic E-state index is 6.39. The standard InChI is InChI=1S/C18H28ClN/c1-3-20-17(12-15-7-5-4-6-8-15)13-16-10-9-14(2)11-18(16)19/h9-11,15,17,20H,3-8,12-13H2,1-2H3. The lowest BCUT2D eigenvalue weighted by molar-refractivity contribution is 0.298. The van der Waals surface area contributed by atoms with Crippen molar-refractivity contribution >= 4 is 11.6 Å². The summed E-state index contributed by atoms with van der Waals surface area (Å²) in [6.45, 7) is 5.34. The third-order valence-electron chi connectivity index (χ3n) is 4.51. The summed E-state index contributed by atoms with van der Waals surface area (Å²) in [5.74, 6) is 0.914. The summed E-state index contributed by atoms with van der Waals surface area (Å²) in [6, 6.07) is 7.03. The van der Waals surface area contributed by atoms with Gasteiger partial charge in [-0.3, -0.25) is 0 Å². The zero-order valence-corrected chi connectivity index (χ0v) is 13.7. The zero-order valence-electron chi connectivity index (χ0n) is 12.9. The molecule has 1 nitrogen and oxygen atoms in total. The van der Waals surface area contributed by atoms with E-state index < -0.39 is 0 Å². The molecule has 2 rings (SSSR count). The smallest absolute Gasteiger partial charge is 0.0441 e. The predicted molar refractivity (Wildman–Crippen MR) is 88.5 cm³/mol. The molecule has 1 aliphatic carbocycles. The molecule has 1 aromatic carbocycles. The molecule has 1 aliphatic rings. The number of hydrogen-bond donors (Lipinski definition) is 1. The first-order chi connectivity index (χ1) is 9.69. The first kappa shape index (κ1) is 15.9. The van der Waals surface area contributed by atoms with Crippen LogP contribution in [0.25, 0.3) is 0 Å². The van der Waals surface area contributed by atoms with Crippen molar-refractivity contribution in [2.75, 3.05) is 6.54 Å². The Kier molecular flexibility index (Phi) is 6.38. The molecule has 1 saturated carbocycles. The highest BCUT2D eigenvalue weighted by atomic mass is 35.5. The van der Waals surface area contributed by atoms with Gasteiger partial charge < -0.3 is 5.32 Å². The number of hydrogen-bond acceptors (Lipinski definition) is 1. The van der Waals surface area contributed by atoms with Gasteiger partial charge in [0, 0.05) is 11.1 Å². The third-order valence-corrected chi connectivity index (χ3v) is 4.86. The molecule has 1 aromatic rings. The number of likely N-dealkylation sites (N-methyl/N-ethyl adjacent to an activating group) is 1. The molecule has 0 bridgehead atoms. The number of nitrogens with one attached hydrogen (secondary N) is 1. The molecular weight excluding hydrogens is 266 g/mol. The Morgan fingerprint density at radius 3 is 2.65 bits per heavy atom. The highest BCUT2D eigenvalue weighted by molar-refractivity contribution is 6.31. The molecule has 0 radical (unpaired) electrons. The predicted octanol–water partition coefficient (Wildman–Crippen LogP) is 5.14. The summed E-state index contributed by atoms with van der Waals surface area (Å²) < 4.78 is 0. The molecule has 0 spiro atoms. The minimum absolute atomic E-state index is 0.573. The van der Waals surface area contributed by atoms with Crippen molar-refractivity contribution in [3.05, 3.63) is 34.3 Å². The molecule has 1 N–H and O–H groups in total. The highest BCUT2D eigenvalue weighted by Gasteiger charge is 2.19. The number of benzene rings is 1. The average molecular weight is 294 g/mol. The lowest BCUT2D eigenvalue weighted by Gasteiger charge is -2.27. The van der Waals surface area contributed by atoms with E-state index in [9.17, 15) is 0 Å². The van der Waals surface area contributed by atoms with Gasteiger partial charge in [-0.25, -0.2) is 0 Å². The van der Waals surface area contributed by atoms with Crippen molar-refractivity contribution in [1.82, 2.24) is 5.32 Å². The van der Waals surface area contributed by atoms with Crippen LogP contribution in [0, 0.1) is 12.8 Å². The van der Waals surface area contributed by atoms with Gasteiger partial charge in [-0.15, -0.1) is 0 Å². The number of rotatable bonds is 6. The van der Waals surface area contributed by atoms with Gasteiger partial charge in [-0.05, 0) is 49.4 Å². The average Bonchev–Trinajstić information content (AvgIpc) is 2.43. The SMILES string of the molecule is CCNC(Cc1ccc(C)cc1Cl)CC1CCCCC1. The van der Waals surface area contributed by atoms with E-state index in [1.54, 1.807) is 0 Å². The van der Waals surface area contributed by atoms with Gasteiger partial charge in [0.2, 0.25) is 0 Å². The molecule has 1 unspecified atom stereocenters. The van der Waals surface area contributed by atoms with Gasteiger partial charge >= 0.3 is 0 Å². The van der Waals surface area contributed by atoms with E-state index in [0.717, 1.165) is 23.9 Å². The van der Waals surface area contributed by atoms with Crippen molar-refractivity contribution in [1.29, 1.82) is 0 Å². The van der Waals surface area contributed by atoms with E-state index in [1.165, 1.54) is 49.7 Å². The molecule has 112 valence electrons. The van der Waals surface area contributed by atoms with Crippen LogP contribution < -0.4 is 5.32 Å². The summed E-state index contributed by atoms with van der Waals surface area (Å²) in [5, 5.41) is 4.59. The second kappa shape index (κ2) is 8.05. The van der Waals surface area contributed by atoms with Gasteiger partial charge in [0.1, 0.15) is 0 Å². The Labute approximate surface area is 129 Å². The number of aryl methyl sites for hydroxylation is 1. The maximum atomic E-state index is 6.39. The minimum atomic E-state index is 0.573. The topological polar surface area (TPSA) is 12.0 Å². The third kappa shape index (κ3) is 4.79. The van der Waals surface area contributed by atoms with Crippen molar-refractivity contribution < 1.29 is 0 Å². The van der Waals surface area contributed by atoms with Gasteiger partial charge in [0.15, 0.2) is 0 Å². The molecule has 20 heavy (non-hydrogen) atoms. The van der Waals surface area contributed by atoms with E-state index in [4.69, 9.17) is 11.6 Å². The van der Waals surface area contributed by atoms with Crippen LogP contribution in [-0.2, 0) is 6.42 Å². The van der Waals surface area contributed by atoms with E-state index in [2.05, 4.69) is 37.4 Å². The summed E-state index contributed by atoms with van der Waals surface area (Å²) >= 11 is 6.39. The molecule has 0 amide bonds. The Bertz CT molecular complexity index is 410. The molecule has 0 aromatic heterocycles. The Hall–Kier alpha value is -0.530. The van der Waals surface area contributed by atoms with Crippen LogP contribution in [0.5, 0.6) is 0 Å². The maximum Gasteiger partial charge on any atom is 0.0441 e. The fourth-order valence-electron chi connectivity index (χ4n) is 3.44. The van der Waals surface area contributed by atoms with Gasteiger partial charge in [0.25, 0.3) is 0 Å². The van der Waals surface area contributed by atoms with Crippen molar-refractivity contribution in [2.45, 2.75) is 64.8 Å².